The van der Waals surface area contributed by atoms with Gasteiger partial charge in [0.05, 0.1) is 0 Å². The minimum Gasteiger partial charge on any atom is -0.318 e. The van der Waals surface area contributed by atoms with Crippen LogP contribution in [-0.4, -0.2) is 29.1 Å². The molecule has 0 atom stereocenters. The summed E-state index contributed by atoms with van der Waals surface area (Å²) in [4.78, 5) is 41.3. The fourth-order valence-electron chi connectivity index (χ4n) is 0.772. The van der Waals surface area contributed by atoms with E-state index in [1.807, 2.05) is 0 Å². The molecule has 0 aliphatic carbocycles. The lowest BCUT2D eigenvalue weighted by Crippen LogP contribution is -2.23. The molecule has 0 aromatic heterocycles. The van der Waals surface area contributed by atoms with E-state index in [4.69, 9.17) is 0 Å². The summed E-state index contributed by atoms with van der Waals surface area (Å²) < 4.78 is 0. The van der Waals surface area contributed by atoms with E-state index in [1.54, 1.807) is 6.92 Å². The molecular formula is C10H14N2O5. The smallest absolute Gasteiger partial charge is 0.318 e. The minimum absolute atomic E-state index is 0.0632. The molecule has 7 heteroatoms. The van der Waals surface area contributed by atoms with Gasteiger partial charge in [0.1, 0.15) is 5.71 Å². The number of carbonyl (C=O) groups excluding carboxylic acids is 3. The lowest BCUT2D eigenvalue weighted by Gasteiger charge is -2.01. The third kappa shape index (κ3) is 6.18. The minimum atomic E-state index is -0.660. The van der Waals surface area contributed by atoms with Gasteiger partial charge in [0.25, 0.3) is 0 Å². The fourth-order valence-corrected chi connectivity index (χ4v) is 0.772. The number of nitrogens with zero attached hydrogens (tertiary/aromatic N) is 2. The Morgan fingerprint density at radius 2 is 1.41 bits per heavy atom. The maximum Gasteiger partial charge on any atom is 0.332 e. The van der Waals surface area contributed by atoms with Gasteiger partial charge in [-0.1, -0.05) is 17.2 Å². The average Bonchev–Trinajstić information content (AvgIpc) is 2.25. The first kappa shape index (κ1) is 14.9. The molecule has 0 saturated carbocycles. The van der Waals surface area contributed by atoms with Gasteiger partial charge in [-0.3, -0.25) is 4.79 Å². The summed E-state index contributed by atoms with van der Waals surface area (Å²) in [5.41, 5.74) is -0.0859. The molecule has 0 rings (SSSR count). The SMILES string of the molecule is CCC(=O)C(=N\OC(C)=O)/C(C)=N/OC(C)=O. The highest BCUT2D eigenvalue weighted by Crippen LogP contribution is 1.95. The standard InChI is InChI=1S/C10H14N2O5/c1-5-9(15)10(12-17-8(4)14)6(2)11-16-7(3)13/h5H2,1-4H3/b11-6+,12-10-. The molecule has 17 heavy (non-hydrogen) atoms. The Kier molecular flexibility index (Phi) is 6.39. The lowest BCUT2D eigenvalue weighted by molar-refractivity contribution is -0.142. The van der Waals surface area contributed by atoms with Crippen molar-refractivity contribution >= 4 is 29.1 Å². The quantitative estimate of drug-likeness (QED) is 0.404. The Hall–Kier alpha value is -2.05. The van der Waals surface area contributed by atoms with Crippen LogP contribution in [0, 0.1) is 0 Å². The highest BCUT2D eigenvalue weighted by molar-refractivity contribution is 6.66. The molecule has 94 valence electrons. The van der Waals surface area contributed by atoms with Gasteiger partial charge in [-0.25, -0.2) is 9.59 Å². The first-order valence-electron chi connectivity index (χ1n) is 4.89. The third-order valence-electron chi connectivity index (χ3n) is 1.50. The molecular weight excluding hydrogens is 228 g/mol. The molecule has 0 saturated heterocycles. The molecule has 0 aliphatic heterocycles. The van der Waals surface area contributed by atoms with Gasteiger partial charge >= 0.3 is 11.9 Å². The number of hydrogen-bond donors (Lipinski definition) is 0. The van der Waals surface area contributed by atoms with Crippen molar-refractivity contribution < 1.29 is 24.1 Å². The number of ketones is 1. The van der Waals surface area contributed by atoms with Crippen molar-refractivity contribution in [3.63, 3.8) is 0 Å². The highest BCUT2D eigenvalue weighted by Gasteiger charge is 2.15. The van der Waals surface area contributed by atoms with Crippen molar-refractivity contribution in [2.75, 3.05) is 0 Å². The molecule has 0 amide bonds. The Bertz CT molecular complexity index is 384. The van der Waals surface area contributed by atoms with Gasteiger partial charge < -0.3 is 9.68 Å². The summed E-state index contributed by atoms with van der Waals surface area (Å²) in [5, 5.41) is 6.76. The van der Waals surface area contributed by atoms with Crippen LogP contribution >= 0.6 is 0 Å². The number of Topliss-reactive ketones (excluding diaryl/α,β-unsaturated/α-hetero) is 1. The van der Waals surface area contributed by atoms with Crippen LogP contribution in [0.2, 0.25) is 0 Å². The summed E-state index contributed by atoms with van der Waals surface area (Å²) in [5.74, 6) is -1.66. The molecule has 0 N–H and O–H groups in total. The van der Waals surface area contributed by atoms with Crippen molar-refractivity contribution in [1.82, 2.24) is 0 Å². The van der Waals surface area contributed by atoms with Crippen LogP contribution in [0.15, 0.2) is 10.3 Å². The number of oxime groups is 2. The van der Waals surface area contributed by atoms with Crippen LogP contribution in [0.3, 0.4) is 0 Å². The molecule has 7 nitrogen and oxygen atoms in total. The van der Waals surface area contributed by atoms with Crippen molar-refractivity contribution in [3.05, 3.63) is 0 Å². The van der Waals surface area contributed by atoms with E-state index >= 15 is 0 Å². The summed E-state index contributed by atoms with van der Waals surface area (Å²) in [6.45, 7) is 5.35. The van der Waals surface area contributed by atoms with E-state index in [2.05, 4.69) is 20.0 Å². The largest absolute Gasteiger partial charge is 0.332 e. The second-order valence-corrected chi connectivity index (χ2v) is 3.06. The Balaban J connectivity index is 4.98. The zero-order valence-electron chi connectivity index (χ0n) is 10.1. The highest BCUT2D eigenvalue weighted by atomic mass is 16.7. The maximum absolute atomic E-state index is 11.5. The van der Waals surface area contributed by atoms with Gasteiger partial charge in [-0.05, 0) is 6.92 Å². The number of rotatable bonds is 5. The Labute approximate surface area is 98.4 Å². The Morgan fingerprint density at radius 1 is 0.941 bits per heavy atom. The van der Waals surface area contributed by atoms with Gasteiger partial charge in [0, 0.05) is 20.3 Å². The van der Waals surface area contributed by atoms with Gasteiger partial charge in [0.15, 0.2) is 11.5 Å². The molecule has 0 fully saturated rings. The fraction of sp³-hybridized carbons (Fsp3) is 0.500. The number of hydrogen-bond acceptors (Lipinski definition) is 7. The Morgan fingerprint density at radius 3 is 1.82 bits per heavy atom. The van der Waals surface area contributed by atoms with E-state index in [0.29, 0.717) is 0 Å². The monoisotopic (exact) mass is 242 g/mol. The van der Waals surface area contributed by atoms with E-state index in [-0.39, 0.29) is 23.6 Å². The second-order valence-electron chi connectivity index (χ2n) is 3.06. The zero-order chi connectivity index (χ0) is 13.4. The van der Waals surface area contributed by atoms with Crippen molar-refractivity contribution in [1.29, 1.82) is 0 Å². The van der Waals surface area contributed by atoms with Crippen LogP contribution in [0.1, 0.15) is 34.1 Å². The average molecular weight is 242 g/mol. The molecule has 0 spiro atoms. The molecule has 0 aromatic rings. The normalized spacial score (nSPS) is 12.0. The van der Waals surface area contributed by atoms with E-state index in [1.165, 1.54) is 13.8 Å². The number of carbonyl (C=O) groups is 3. The van der Waals surface area contributed by atoms with E-state index in [9.17, 15) is 14.4 Å². The first-order chi connectivity index (χ1) is 7.88. The van der Waals surface area contributed by atoms with Gasteiger partial charge in [-0.15, -0.1) is 0 Å². The summed E-state index contributed by atoms with van der Waals surface area (Å²) in [7, 11) is 0. The molecule has 0 aromatic carbocycles. The van der Waals surface area contributed by atoms with Crippen molar-refractivity contribution in [2.24, 2.45) is 10.3 Å². The maximum atomic E-state index is 11.5. The zero-order valence-corrected chi connectivity index (χ0v) is 10.1. The van der Waals surface area contributed by atoms with Crippen LogP contribution in [-0.2, 0) is 24.1 Å². The molecule has 0 bridgehead atoms. The topological polar surface area (TPSA) is 94.4 Å². The lowest BCUT2D eigenvalue weighted by atomic mass is 10.1. The van der Waals surface area contributed by atoms with Crippen LogP contribution < -0.4 is 0 Å². The van der Waals surface area contributed by atoms with Gasteiger partial charge in [-0.2, -0.15) is 0 Å². The van der Waals surface area contributed by atoms with E-state index < -0.39 is 11.9 Å². The van der Waals surface area contributed by atoms with Crippen LogP contribution in [0.4, 0.5) is 0 Å². The molecule has 0 heterocycles. The van der Waals surface area contributed by atoms with Gasteiger partial charge in [0.2, 0.25) is 0 Å². The summed E-state index contributed by atoms with van der Waals surface area (Å²) in [6.07, 6.45) is 0.160. The molecule has 0 aliphatic rings. The van der Waals surface area contributed by atoms with Crippen molar-refractivity contribution in [3.8, 4) is 0 Å². The predicted octanol–water partition coefficient (Wildman–Crippen LogP) is 0.824. The summed E-state index contributed by atoms with van der Waals surface area (Å²) >= 11 is 0. The van der Waals surface area contributed by atoms with E-state index in [0.717, 1.165) is 6.92 Å². The molecule has 0 unspecified atom stereocenters. The van der Waals surface area contributed by atoms with Crippen molar-refractivity contribution in [2.45, 2.75) is 34.1 Å². The van der Waals surface area contributed by atoms with Crippen LogP contribution in [0.25, 0.3) is 0 Å². The first-order valence-corrected chi connectivity index (χ1v) is 4.89. The molecule has 0 radical (unpaired) electrons. The predicted molar refractivity (Wildman–Crippen MR) is 59.4 cm³/mol. The summed E-state index contributed by atoms with van der Waals surface area (Å²) in [6, 6.07) is 0. The third-order valence-corrected chi connectivity index (χ3v) is 1.50. The van der Waals surface area contributed by atoms with Crippen LogP contribution in [0.5, 0.6) is 0 Å². The second kappa shape index (κ2) is 7.26.